The monoisotopic (exact) mass is 779 g/mol. The van der Waals surface area contributed by atoms with Crippen LogP contribution in [0.25, 0.3) is 0 Å². The number of nitrogen functional groups attached to an aromatic ring is 1. The van der Waals surface area contributed by atoms with E-state index in [-0.39, 0.29) is 58.1 Å². The van der Waals surface area contributed by atoms with E-state index in [1.807, 2.05) is 0 Å². The number of fused-ring (bicyclic) bond motifs is 1. The number of nitrogens with zero attached hydrogens (tertiary/aromatic N) is 4. The van der Waals surface area contributed by atoms with Gasteiger partial charge >= 0.3 is 11.9 Å². The maximum absolute atomic E-state index is 13.5. The summed E-state index contributed by atoms with van der Waals surface area (Å²) >= 11 is 8.17. The Morgan fingerprint density at radius 1 is 1.17 bits per heavy atom. The summed E-state index contributed by atoms with van der Waals surface area (Å²) in [6, 6.07) is 2.00. The molecule has 0 saturated carbocycles. The van der Waals surface area contributed by atoms with E-state index in [1.165, 1.54) is 35.9 Å². The number of quaternary nitrogens is 1. The Kier molecular flexibility index (Phi) is 11.2. The highest BCUT2D eigenvalue weighted by Gasteiger charge is 2.55. The third-order valence-corrected chi connectivity index (χ3v) is 11.5. The van der Waals surface area contributed by atoms with E-state index in [4.69, 9.17) is 22.2 Å². The van der Waals surface area contributed by atoms with Gasteiger partial charge in [0.15, 0.2) is 28.1 Å². The highest BCUT2D eigenvalue weighted by atomic mass is 35.5. The van der Waals surface area contributed by atoms with Gasteiger partial charge < -0.3 is 40.8 Å². The molecule has 278 valence electrons. The van der Waals surface area contributed by atoms with Crippen LogP contribution in [0.15, 0.2) is 33.9 Å². The number of likely N-dealkylation sites (tertiary alicyclic amines) is 1. The lowest BCUT2D eigenvalue weighted by molar-refractivity contribution is -0.911. The number of phenolic OH excluding ortho intramolecular Hbond substituents is 2. The quantitative estimate of drug-likeness (QED) is 0.0287. The molecule has 4 heterocycles. The van der Waals surface area contributed by atoms with Crippen LogP contribution in [-0.4, -0.2) is 125 Å². The molecule has 0 aliphatic carbocycles. The van der Waals surface area contributed by atoms with Crippen molar-refractivity contribution in [1.29, 1.82) is 0 Å². The van der Waals surface area contributed by atoms with Crippen LogP contribution in [0, 0.1) is 5.92 Å². The van der Waals surface area contributed by atoms with Gasteiger partial charge in [-0.2, -0.15) is 0 Å². The largest absolute Gasteiger partial charge is 0.504 e. The van der Waals surface area contributed by atoms with Gasteiger partial charge in [-0.15, -0.1) is 23.1 Å². The Morgan fingerprint density at radius 2 is 1.87 bits per heavy atom. The summed E-state index contributed by atoms with van der Waals surface area (Å²) in [7, 11) is 0. The molecule has 5 rings (SSSR count). The second kappa shape index (κ2) is 15.1. The van der Waals surface area contributed by atoms with Gasteiger partial charge in [0.1, 0.15) is 17.9 Å². The highest BCUT2D eigenvalue weighted by molar-refractivity contribution is 8.00. The van der Waals surface area contributed by atoms with Crippen LogP contribution >= 0.6 is 34.7 Å². The Bertz CT molecular complexity index is 1880. The van der Waals surface area contributed by atoms with E-state index in [0.717, 1.165) is 36.3 Å². The number of halogens is 1. The molecule has 17 nitrogen and oxygen atoms in total. The van der Waals surface area contributed by atoms with Crippen LogP contribution < -0.4 is 11.1 Å². The maximum atomic E-state index is 13.5. The number of thiazole rings is 1. The number of carbonyl (C=O) groups excluding carboxylic acids is 4. The molecule has 1 aromatic carbocycles. The van der Waals surface area contributed by atoms with Gasteiger partial charge in [-0.1, -0.05) is 16.8 Å². The fraction of sp³-hybridized carbons (Fsp3) is 0.438. The fourth-order valence-electron chi connectivity index (χ4n) is 6.28. The zero-order valence-corrected chi connectivity index (χ0v) is 30.3. The van der Waals surface area contributed by atoms with Crippen LogP contribution in [0.4, 0.5) is 5.13 Å². The predicted molar refractivity (Wildman–Crippen MR) is 188 cm³/mol. The van der Waals surface area contributed by atoms with Gasteiger partial charge in [0, 0.05) is 41.5 Å². The molecule has 0 spiro atoms. The molecule has 0 bridgehead atoms. The number of carboxylic acid groups (broad SMARTS) is 2. The molecule has 0 radical (unpaired) electrons. The molecular formula is C32H36ClN6O11S2+. The first-order valence-electron chi connectivity index (χ1n) is 16.0. The topological polar surface area (TPSA) is 259 Å². The summed E-state index contributed by atoms with van der Waals surface area (Å²) in [5, 5.41) is 46.1. The van der Waals surface area contributed by atoms with E-state index >= 15 is 0 Å². The molecule has 52 heavy (non-hydrogen) atoms. The van der Waals surface area contributed by atoms with Crippen LogP contribution in [0.2, 0.25) is 5.02 Å². The average molecular weight is 780 g/mol. The number of aromatic nitrogens is 1. The minimum Gasteiger partial charge on any atom is -0.504 e. The van der Waals surface area contributed by atoms with Crippen molar-refractivity contribution in [2.75, 3.05) is 44.2 Å². The fourth-order valence-corrected chi connectivity index (χ4v) is 8.44. The maximum Gasteiger partial charge on any atom is 0.352 e. The van der Waals surface area contributed by atoms with E-state index in [0.29, 0.717) is 29.7 Å². The summed E-state index contributed by atoms with van der Waals surface area (Å²) in [6.07, 6.45) is 1.33. The number of ketones is 2. The number of amides is 2. The number of carboxylic acids is 2. The molecule has 3 aliphatic heterocycles. The molecule has 2 aromatic rings. The second-order valence-electron chi connectivity index (χ2n) is 13.1. The van der Waals surface area contributed by atoms with Crippen molar-refractivity contribution in [3.63, 3.8) is 0 Å². The van der Waals surface area contributed by atoms with Crippen molar-refractivity contribution in [3.8, 4) is 11.5 Å². The van der Waals surface area contributed by atoms with E-state index < -0.39 is 63.7 Å². The number of phenols is 2. The Hall–Kier alpha value is -4.72. The summed E-state index contributed by atoms with van der Waals surface area (Å²) in [4.78, 5) is 87.0. The minimum absolute atomic E-state index is 0.0475. The third-order valence-electron chi connectivity index (χ3n) is 9.10. The van der Waals surface area contributed by atoms with E-state index in [9.17, 15) is 49.2 Å². The number of nitrogens with one attached hydrogen (secondary N) is 1. The summed E-state index contributed by atoms with van der Waals surface area (Å²) < 4.78 is 0.408. The molecule has 2 fully saturated rings. The lowest BCUT2D eigenvalue weighted by Gasteiger charge is -2.50. The van der Waals surface area contributed by atoms with Crippen molar-refractivity contribution in [1.82, 2.24) is 15.2 Å². The molecule has 7 N–H and O–H groups in total. The first-order valence-corrected chi connectivity index (χ1v) is 18.3. The van der Waals surface area contributed by atoms with Gasteiger partial charge in [-0.05, 0) is 26.0 Å². The number of aromatic hydroxyl groups is 2. The summed E-state index contributed by atoms with van der Waals surface area (Å²) in [5.74, 6) is -7.67. The van der Waals surface area contributed by atoms with Crippen LogP contribution in [0.1, 0.15) is 49.2 Å². The third kappa shape index (κ3) is 7.86. The van der Waals surface area contributed by atoms with Gasteiger partial charge in [0.25, 0.3) is 5.91 Å². The molecule has 0 unspecified atom stereocenters. The van der Waals surface area contributed by atoms with Gasteiger partial charge in [0.2, 0.25) is 17.3 Å². The van der Waals surface area contributed by atoms with Crippen LogP contribution in [0.3, 0.4) is 0 Å². The van der Waals surface area contributed by atoms with Crippen molar-refractivity contribution < 1.29 is 58.5 Å². The van der Waals surface area contributed by atoms with Gasteiger partial charge in [-0.25, -0.2) is 14.6 Å². The molecular weight excluding hydrogens is 744 g/mol. The number of aliphatic carboxylic acids is 2. The normalized spacial score (nSPS) is 19.9. The Balaban J connectivity index is 1.28. The summed E-state index contributed by atoms with van der Waals surface area (Å²) in [6.45, 7) is 4.54. The molecule has 2 atom stereocenters. The number of anilines is 1. The molecule has 1 aromatic heterocycles. The SMILES string of the molecule is CC(C)(O/N=C(\C(=O)C[C@@H]1C(=O)N2C(C(=O)O)=C(C[N+]3(CCNC(=O)C(=O)c4cc(O)c(O)c(Cl)c4)CCCC3)CS[C@H]12)c1csc(N)n1)C(=O)O. The lowest BCUT2D eigenvalue weighted by Crippen LogP contribution is -2.63. The Labute approximate surface area is 309 Å². The smallest absolute Gasteiger partial charge is 0.352 e. The van der Waals surface area contributed by atoms with Crippen LogP contribution in [-0.2, 0) is 28.8 Å². The number of β-lactam (4-membered cyclic amide) rings is 1. The minimum atomic E-state index is -1.78. The van der Waals surface area contributed by atoms with Crippen LogP contribution in [0.5, 0.6) is 11.5 Å². The second-order valence-corrected chi connectivity index (χ2v) is 15.5. The van der Waals surface area contributed by atoms with Crippen molar-refractivity contribution in [2.24, 2.45) is 11.1 Å². The average Bonchev–Trinajstić information content (AvgIpc) is 3.73. The first kappa shape index (κ1) is 38.5. The summed E-state index contributed by atoms with van der Waals surface area (Å²) in [5.41, 5.74) is 3.85. The molecule has 3 aliphatic rings. The lowest BCUT2D eigenvalue weighted by atomic mass is 9.89. The van der Waals surface area contributed by atoms with Crippen molar-refractivity contribution in [3.05, 3.63) is 45.1 Å². The number of hydrogen-bond acceptors (Lipinski definition) is 14. The number of benzene rings is 1. The molecule has 2 saturated heterocycles. The number of carbonyl (C=O) groups is 6. The number of thioether (sulfide) groups is 1. The first-order chi connectivity index (χ1) is 24.4. The standard InChI is InChI=1S/C32H35ClN6O11S2/c1-32(2,30(48)49)50-37-22(19-14-52-31(34)36-19)20(40)11-17-27(45)38-23(29(46)47)16(13-51-28(17)38)12-39(6-3-4-7-39)8-5-35-26(44)24(42)15-9-18(33)25(43)21(41)10-15/h9-10,14,17,28H,3-8,11-13H2,1-2H3,(H6-,34,35,36,37,40,41,42,43,44,46,47,48,49)/p+1/t17-,28-/m1/s1. The highest BCUT2D eigenvalue weighted by Crippen LogP contribution is 2.46. The zero-order valence-electron chi connectivity index (χ0n) is 28.0. The van der Waals surface area contributed by atoms with E-state index in [1.54, 1.807) is 0 Å². The number of oxime groups is 1. The number of Topliss-reactive ketones (excluding diaryl/α,β-unsaturated/α-hetero) is 2. The van der Waals surface area contributed by atoms with Gasteiger partial charge in [0.05, 0.1) is 42.5 Å². The van der Waals surface area contributed by atoms with Crippen molar-refractivity contribution >= 4 is 80.9 Å². The van der Waals surface area contributed by atoms with Crippen molar-refractivity contribution in [2.45, 2.75) is 44.1 Å². The van der Waals surface area contributed by atoms with Gasteiger partial charge in [-0.3, -0.25) is 24.1 Å². The Morgan fingerprint density at radius 3 is 2.46 bits per heavy atom. The zero-order chi connectivity index (χ0) is 38.1. The molecule has 20 heteroatoms. The number of hydrogen-bond donors (Lipinski definition) is 6. The number of rotatable bonds is 15. The van der Waals surface area contributed by atoms with E-state index in [2.05, 4.69) is 15.5 Å². The number of nitrogens with two attached hydrogens (primary N) is 1. The predicted octanol–water partition coefficient (Wildman–Crippen LogP) is 1.81. The molecule has 2 amide bonds.